The van der Waals surface area contributed by atoms with E-state index in [-0.39, 0.29) is 11.7 Å². The quantitative estimate of drug-likeness (QED) is 0.786. The lowest BCUT2D eigenvalue weighted by Gasteiger charge is -2.55. The minimum absolute atomic E-state index is 0.0167. The van der Waals surface area contributed by atoms with Crippen LogP contribution in [0.25, 0.3) is 0 Å². The Bertz CT molecular complexity index is 729. The van der Waals surface area contributed by atoms with Gasteiger partial charge in [0.2, 0.25) is 0 Å². The van der Waals surface area contributed by atoms with Gasteiger partial charge in [0.25, 0.3) is 0 Å². The Morgan fingerprint density at radius 1 is 1.35 bits per heavy atom. The summed E-state index contributed by atoms with van der Waals surface area (Å²) in [6.45, 7) is 4.43. The van der Waals surface area contributed by atoms with Gasteiger partial charge in [-0.15, -0.1) is 0 Å². The number of fused-ring (bicyclic) bond motifs is 1. The molecule has 0 saturated carbocycles. The number of hydrogen-bond acceptors (Lipinski definition) is 4. The highest BCUT2D eigenvalue weighted by Gasteiger charge is 2.59. The van der Waals surface area contributed by atoms with E-state index in [1.807, 2.05) is 24.3 Å². The van der Waals surface area contributed by atoms with Crippen molar-refractivity contribution in [2.45, 2.75) is 30.2 Å². The average molecular weight is 308 g/mol. The molecule has 0 N–H and O–H groups in total. The maximum absolute atomic E-state index is 12.6. The third-order valence-corrected chi connectivity index (χ3v) is 5.81. The summed E-state index contributed by atoms with van der Waals surface area (Å²) in [6, 6.07) is 10.7. The Morgan fingerprint density at radius 3 is 2.78 bits per heavy atom. The Kier molecular flexibility index (Phi) is 3.19. The van der Waals surface area contributed by atoms with E-state index in [2.05, 4.69) is 23.1 Å². The predicted molar refractivity (Wildman–Crippen MR) is 86.0 cm³/mol. The SMILES string of the molecule is CC(=O)[C@]12C=C[C@H](c3ccccc31)[C@](C#N)(N1CCOCC1)C2. The Morgan fingerprint density at radius 2 is 2.09 bits per heavy atom. The normalized spacial score (nSPS) is 35.6. The monoisotopic (exact) mass is 308 g/mol. The van der Waals surface area contributed by atoms with Gasteiger partial charge < -0.3 is 4.74 Å². The zero-order valence-electron chi connectivity index (χ0n) is 13.3. The van der Waals surface area contributed by atoms with Crippen LogP contribution in [0.1, 0.15) is 30.4 Å². The van der Waals surface area contributed by atoms with Gasteiger partial charge in [0.1, 0.15) is 11.3 Å². The lowest BCUT2D eigenvalue weighted by atomic mass is 9.53. The molecular formula is C19H20N2O2. The number of Topliss-reactive ketones (excluding diaryl/α,β-unsaturated/α-hetero) is 1. The lowest BCUT2D eigenvalue weighted by Crippen LogP contribution is -2.63. The minimum atomic E-state index is -0.667. The van der Waals surface area contributed by atoms with Crippen molar-refractivity contribution in [3.8, 4) is 6.07 Å². The number of ketones is 1. The number of benzene rings is 1. The summed E-state index contributed by atoms with van der Waals surface area (Å²) in [7, 11) is 0. The van der Waals surface area contributed by atoms with Crippen LogP contribution in [0.3, 0.4) is 0 Å². The summed E-state index contributed by atoms with van der Waals surface area (Å²) in [6.07, 6.45) is 4.67. The first-order valence-electron chi connectivity index (χ1n) is 8.18. The third-order valence-electron chi connectivity index (χ3n) is 5.81. The molecule has 4 heteroatoms. The van der Waals surface area contributed by atoms with E-state index in [0.29, 0.717) is 19.6 Å². The molecule has 4 aliphatic rings. The van der Waals surface area contributed by atoms with Gasteiger partial charge in [-0.2, -0.15) is 5.26 Å². The van der Waals surface area contributed by atoms with Crippen molar-refractivity contribution in [1.29, 1.82) is 5.26 Å². The summed E-state index contributed by atoms with van der Waals surface area (Å²) >= 11 is 0. The standard InChI is InChI=1S/C19H20N2O2/c1-14(22)18-7-6-17(15-4-2-3-5-16(15)18)19(12-18,13-20)21-8-10-23-11-9-21/h2-7,17H,8-12H2,1H3/t17-,18-,19+/m1/s1. The number of morpholine rings is 1. The highest BCUT2D eigenvalue weighted by atomic mass is 16.5. The fourth-order valence-corrected chi connectivity index (χ4v) is 4.62. The second kappa shape index (κ2) is 5.02. The molecule has 0 aromatic heterocycles. The molecular weight excluding hydrogens is 288 g/mol. The van der Waals surface area contributed by atoms with E-state index in [9.17, 15) is 10.1 Å². The van der Waals surface area contributed by atoms with Crippen molar-refractivity contribution >= 4 is 5.78 Å². The number of hydrogen-bond donors (Lipinski definition) is 0. The van der Waals surface area contributed by atoms with E-state index in [1.54, 1.807) is 6.92 Å². The van der Waals surface area contributed by atoms with Crippen molar-refractivity contribution in [2.24, 2.45) is 0 Å². The highest BCUT2D eigenvalue weighted by Crippen LogP contribution is 2.56. The van der Waals surface area contributed by atoms with Gasteiger partial charge in [-0.05, 0) is 18.1 Å². The molecule has 3 atom stereocenters. The average Bonchev–Trinajstić information content (AvgIpc) is 2.62. The Balaban J connectivity index is 1.91. The molecule has 23 heavy (non-hydrogen) atoms. The molecule has 0 radical (unpaired) electrons. The molecule has 0 amide bonds. The molecule has 1 aliphatic heterocycles. The maximum atomic E-state index is 12.6. The number of carbonyl (C=O) groups excluding carboxylic acids is 1. The van der Waals surface area contributed by atoms with Crippen LogP contribution in [0.5, 0.6) is 0 Å². The van der Waals surface area contributed by atoms with Crippen LogP contribution in [-0.2, 0) is 14.9 Å². The zero-order valence-corrected chi connectivity index (χ0v) is 13.3. The van der Waals surface area contributed by atoms with Crippen LogP contribution in [0.15, 0.2) is 36.4 Å². The molecule has 4 nitrogen and oxygen atoms in total. The molecule has 1 aromatic rings. The van der Waals surface area contributed by atoms with E-state index in [1.165, 1.54) is 0 Å². The molecule has 0 unspecified atom stereocenters. The molecule has 0 spiro atoms. The Labute approximate surface area is 136 Å². The van der Waals surface area contributed by atoms with E-state index < -0.39 is 11.0 Å². The molecule has 1 aromatic carbocycles. The maximum Gasteiger partial charge on any atom is 0.144 e. The zero-order chi connectivity index (χ0) is 16.1. The summed E-state index contributed by atoms with van der Waals surface area (Å²) < 4.78 is 5.47. The molecule has 1 saturated heterocycles. The summed E-state index contributed by atoms with van der Waals surface area (Å²) in [5.74, 6) is 0.134. The second-order valence-corrected chi connectivity index (χ2v) is 6.76. The van der Waals surface area contributed by atoms with Crippen LogP contribution in [-0.4, -0.2) is 42.5 Å². The summed E-state index contributed by atoms with van der Waals surface area (Å²) in [4.78, 5) is 14.9. The number of ether oxygens (including phenoxy) is 1. The molecule has 1 heterocycles. The number of carbonyl (C=O) groups is 1. The number of rotatable bonds is 2. The first-order chi connectivity index (χ1) is 11.1. The van der Waals surface area contributed by atoms with Crippen LogP contribution < -0.4 is 0 Å². The topological polar surface area (TPSA) is 53.3 Å². The molecule has 1 fully saturated rings. The largest absolute Gasteiger partial charge is 0.379 e. The summed E-state index contributed by atoms with van der Waals surface area (Å²) in [5, 5.41) is 10.2. The first kappa shape index (κ1) is 14.6. The van der Waals surface area contributed by atoms with Crippen molar-refractivity contribution in [3.05, 3.63) is 47.5 Å². The van der Waals surface area contributed by atoms with Crippen LogP contribution >= 0.6 is 0 Å². The van der Waals surface area contributed by atoms with Gasteiger partial charge in [-0.25, -0.2) is 0 Å². The van der Waals surface area contributed by atoms with Crippen LogP contribution in [0.2, 0.25) is 0 Å². The lowest BCUT2D eigenvalue weighted by molar-refractivity contribution is -0.123. The predicted octanol–water partition coefficient (Wildman–Crippen LogP) is 2.17. The smallest absolute Gasteiger partial charge is 0.144 e. The first-order valence-corrected chi connectivity index (χ1v) is 8.18. The number of nitriles is 1. The van der Waals surface area contributed by atoms with Gasteiger partial charge in [-0.3, -0.25) is 9.69 Å². The van der Waals surface area contributed by atoms with Crippen molar-refractivity contribution < 1.29 is 9.53 Å². The molecule has 3 aliphatic carbocycles. The van der Waals surface area contributed by atoms with Gasteiger partial charge in [-0.1, -0.05) is 36.4 Å². The molecule has 5 rings (SSSR count). The fraction of sp³-hybridized carbons (Fsp3) is 0.474. The minimum Gasteiger partial charge on any atom is -0.379 e. The molecule has 118 valence electrons. The van der Waals surface area contributed by atoms with Crippen molar-refractivity contribution in [3.63, 3.8) is 0 Å². The van der Waals surface area contributed by atoms with E-state index >= 15 is 0 Å². The number of allylic oxidation sites excluding steroid dienone is 1. The number of nitrogens with zero attached hydrogens (tertiary/aromatic N) is 2. The van der Waals surface area contributed by atoms with Gasteiger partial charge >= 0.3 is 0 Å². The highest BCUT2D eigenvalue weighted by molar-refractivity contribution is 5.93. The van der Waals surface area contributed by atoms with Gasteiger partial charge in [0.05, 0.1) is 24.7 Å². The van der Waals surface area contributed by atoms with Crippen molar-refractivity contribution in [2.75, 3.05) is 26.3 Å². The van der Waals surface area contributed by atoms with Gasteiger partial charge in [0.15, 0.2) is 0 Å². The molecule has 2 bridgehead atoms. The van der Waals surface area contributed by atoms with Gasteiger partial charge in [0, 0.05) is 25.4 Å². The van der Waals surface area contributed by atoms with Crippen LogP contribution in [0.4, 0.5) is 0 Å². The third kappa shape index (κ3) is 1.81. The fourth-order valence-electron chi connectivity index (χ4n) is 4.62. The van der Waals surface area contributed by atoms with E-state index in [0.717, 1.165) is 24.2 Å². The Hall–Kier alpha value is -1.96. The van der Waals surface area contributed by atoms with Crippen LogP contribution in [0, 0.1) is 11.3 Å². The summed E-state index contributed by atoms with van der Waals surface area (Å²) in [5.41, 5.74) is 0.890. The second-order valence-electron chi connectivity index (χ2n) is 6.76. The van der Waals surface area contributed by atoms with E-state index in [4.69, 9.17) is 4.74 Å². The van der Waals surface area contributed by atoms with Crippen molar-refractivity contribution in [1.82, 2.24) is 4.90 Å².